The Kier molecular flexibility index (Phi) is 5.14. The topological polar surface area (TPSA) is 111 Å². The lowest BCUT2D eigenvalue weighted by Crippen LogP contribution is -2.42. The van der Waals surface area contributed by atoms with Gasteiger partial charge in [0.15, 0.2) is 5.82 Å². The van der Waals surface area contributed by atoms with Gasteiger partial charge >= 0.3 is 12.7 Å². The number of alkyl halides is 2. The molecule has 2 bridgehead atoms. The lowest BCUT2D eigenvalue weighted by molar-refractivity contribution is -0.0507. The van der Waals surface area contributed by atoms with Gasteiger partial charge in [0, 0.05) is 46.6 Å². The largest absolute Gasteiger partial charge is 0.453 e. The van der Waals surface area contributed by atoms with Crippen LogP contribution >= 0.6 is 0 Å². The van der Waals surface area contributed by atoms with E-state index in [2.05, 4.69) is 20.0 Å². The van der Waals surface area contributed by atoms with Crippen LogP contribution in [-0.2, 0) is 10.3 Å². The number of imidazole rings is 1. The Bertz CT molecular complexity index is 1760. The fourth-order valence-corrected chi connectivity index (χ4v) is 5.45. The number of carbonyl (C=O) groups is 2. The molecule has 0 aliphatic carbocycles. The molecule has 2 amide bonds. The van der Waals surface area contributed by atoms with Crippen LogP contribution in [-0.4, -0.2) is 57.1 Å². The highest BCUT2D eigenvalue weighted by atomic mass is 19.3. The number of fused-ring (bicyclic) bond motifs is 9. The Balaban J connectivity index is 1.48. The highest BCUT2D eigenvalue weighted by Gasteiger charge is 2.45. The highest BCUT2D eigenvalue weighted by Crippen LogP contribution is 2.50. The molecule has 2 aliphatic heterocycles. The fraction of sp³-hybridized carbons (Fsp3) is 0.321. The fourth-order valence-electron chi connectivity index (χ4n) is 5.45. The predicted octanol–water partition coefficient (Wildman–Crippen LogP) is 4.81. The van der Waals surface area contributed by atoms with Crippen LogP contribution in [0.5, 0.6) is 5.75 Å². The molecule has 0 unspecified atom stereocenters. The molecule has 2 aliphatic rings. The molecule has 0 fully saturated rings. The van der Waals surface area contributed by atoms with Crippen LogP contribution in [0.2, 0.25) is 0 Å². The van der Waals surface area contributed by atoms with Crippen molar-refractivity contribution < 1.29 is 32.0 Å². The molecule has 0 saturated carbocycles. The summed E-state index contributed by atoms with van der Waals surface area (Å²) in [6.07, 6.45) is 2.70. The summed E-state index contributed by atoms with van der Waals surface area (Å²) in [5.74, 6) is -0.310. The Morgan fingerprint density at radius 1 is 1.18 bits per heavy atom. The zero-order valence-electron chi connectivity index (χ0n) is 24.7. The van der Waals surface area contributed by atoms with Gasteiger partial charge in [0.1, 0.15) is 11.6 Å². The summed E-state index contributed by atoms with van der Waals surface area (Å²) < 4.78 is 62.6. The van der Waals surface area contributed by atoms with Crippen molar-refractivity contribution in [3.05, 3.63) is 71.6 Å². The zero-order chi connectivity index (χ0) is 30.8. The lowest BCUT2D eigenvalue weighted by Gasteiger charge is -2.24. The van der Waals surface area contributed by atoms with Crippen LogP contribution < -0.4 is 10.1 Å². The summed E-state index contributed by atoms with van der Waals surface area (Å²) in [4.78, 5) is 39.7. The molecule has 0 saturated heterocycles. The number of halogens is 2. The van der Waals surface area contributed by atoms with Crippen molar-refractivity contribution in [2.75, 3.05) is 14.1 Å². The first-order valence-electron chi connectivity index (χ1n) is 13.9. The quantitative estimate of drug-likeness (QED) is 0.379. The van der Waals surface area contributed by atoms with E-state index in [9.17, 15) is 18.4 Å². The van der Waals surface area contributed by atoms with E-state index in [-0.39, 0.29) is 23.3 Å². The molecule has 4 heterocycles. The number of carbonyl (C=O) groups excluding carboxylic acids is 2. The molecular formula is C28H26F2N6O4. The van der Waals surface area contributed by atoms with Gasteiger partial charge < -0.3 is 24.3 Å². The number of alkyl carbamates (subject to hydrolysis) is 1. The van der Waals surface area contributed by atoms with E-state index in [0.717, 1.165) is 4.90 Å². The summed E-state index contributed by atoms with van der Waals surface area (Å²) in [5, 5.41) is 2.68. The van der Waals surface area contributed by atoms with Crippen molar-refractivity contribution in [3.8, 4) is 16.9 Å². The van der Waals surface area contributed by atoms with Crippen LogP contribution in [0.25, 0.3) is 22.2 Å². The minimum Gasteiger partial charge on any atom is -0.453 e. The predicted molar refractivity (Wildman–Crippen MR) is 140 cm³/mol. The molecule has 2 aromatic heterocycles. The maximum Gasteiger partial charge on any atom is 0.407 e. The lowest BCUT2D eigenvalue weighted by atomic mass is 9.97. The van der Waals surface area contributed by atoms with Gasteiger partial charge in [0.2, 0.25) is 0 Å². The second kappa shape index (κ2) is 9.25. The van der Waals surface area contributed by atoms with Gasteiger partial charge in [-0.3, -0.25) is 4.79 Å². The minimum atomic E-state index is -3.15. The first-order chi connectivity index (χ1) is 20.3. The molecule has 6 rings (SSSR count). The monoisotopic (exact) mass is 551 g/mol. The van der Waals surface area contributed by atoms with E-state index in [4.69, 9.17) is 13.8 Å². The molecule has 2 aromatic carbocycles. The maximum atomic E-state index is 13.6. The van der Waals surface area contributed by atoms with Gasteiger partial charge in [0.05, 0.1) is 35.8 Å². The van der Waals surface area contributed by atoms with Crippen LogP contribution in [0.1, 0.15) is 64.0 Å². The first-order valence-corrected chi connectivity index (χ1v) is 12.4. The Morgan fingerprint density at radius 2 is 1.95 bits per heavy atom. The second-order valence-corrected chi connectivity index (χ2v) is 10.1. The maximum absolute atomic E-state index is 13.6. The number of amides is 2. The summed E-state index contributed by atoms with van der Waals surface area (Å²) in [6, 6.07) is 7.91. The van der Waals surface area contributed by atoms with Crippen LogP contribution in [0.15, 0.2) is 48.8 Å². The van der Waals surface area contributed by atoms with E-state index in [1.165, 1.54) is 25.3 Å². The SMILES string of the molecule is [2H]C([2H])([2H])N1C(=O)c2cccc(OC(F)F)c2[C@H]2C[C@@H]1c1nc3ccc(-c4cnc(C(C)(C)NC(=O)OC)nc4)cc3n12. The zero-order valence-corrected chi connectivity index (χ0v) is 21.7. The summed E-state index contributed by atoms with van der Waals surface area (Å²) >= 11 is 0. The summed E-state index contributed by atoms with van der Waals surface area (Å²) in [5.41, 5.74) is 1.75. The average Bonchev–Trinajstić information content (AvgIpc) is 3.44. The van der Waals surface area contributed by atoms with Gasteiger partial charge in [-0.2, -0.15) is 8.78 Å². The van der Waals surface area contributed by atoms with Crippen molar-refractivity contribution in [2.24, 2.45) is 0 Å². The van der Waals surface area contributed by atoms with Gasteiger partial charge in [-0.15, -0.1) is 0 Å². The Morgan fingerprint density at radius 3 is 2.65 bits per heavy atom. The molecule has 206 valence electrons. The second-order valence-electron chi connectivity index (χ2n) is 10.1. The van der Waals surface area contributed by atoms with Crippen molar-refractivity contribution in [1.82, 2.24) is 29.7 Å². The third kappa shape index (κ3) is 4.02. The molecule has 12 heteroatoms. The highest BCUT2D eigenvalue weighted by molar-refractivity contribution is 5.98. The van der Waals surface area contributed by atoms with Crippen LogP contribution in [0.4, 0.5) is 13.6 Å². The van der Waals surface area contributed by atoms with E-state index in [0.29, 0.717) is 33.8 Å². The number of aromatic nitrogens is 4. The standard InChI is InChI=1S/C28H26F2N6O4/c1-28(2,34-27(38)39-4)25-31-12-15(13-32-25)14-8-9-17-18(10-14)36-19-11-20(23(36)33-17)35(3)24(37)16-6-5-7-21(22(16)19)40-26(29)30/h5-10,12-13,19-20,26H,11H2,1-4H3,(H,34,38)/t19-,20-/m1/s1/i3D3. The van der Waals surface area contributed by atoms with Gasteiger partial charge in [-0.25, -0.2) is 19.7 Å². The number of ether oxygens (including phenoxy) is 2. The van der Waals surface area contributed by atoms with Gasteiger partial charge in [-0.1, -0.05) is 12.1 Å². The third-order valence-electron chi connectivity index (χ3n) is 7.29. The average molecular weight is 552 g/mol. The third-order valence-corrected chi connectivity index (χ3v) is 7.29. The van der Waals surface area contributed by atoms with Crippen LogP contribution in [0, 0.1) is 0 Å². The Hall–Kier alpha value is -4.61. The molecule has 0 radical (unpaired) electrons. The normalized spacial score (nSPS) is 19.4. The summed E-state index contributed by atoms with van der Waals surface area (Å²) in [6.45, 7) is -2.50. The van der Waals surface area contributed by atoms with Gasteiger partial charge in [-0.05, 0) is 43.7 Å². The number of nitrogens with zero attached hydrogens (tertiary/aromatic N) is 5. The smallest absolute Gasteiger partial charge is 0.407 e. The van der Waals surface area contributed by atoms with Crippen LogP contribution in [0.3, 0.4) is 0 Å². The summed E-state index contributed by atoms with van der Waals surface area (Å²) in [7, 11) is 1.26. The number of hydrogen-bond acceptors (Lipinski definition) is 7. The number of rotatable bonds is 5. The number of nitrogens with one attached hydrogen (secondary N) is 1. The van der Waals surface area contributed by atoms with E-state index in [1.807, 2.05) is 6.07 Å². The Labute approximate surface area is 232 Å². The van der Waals surface area contributed by atoms with E-state index >= 15 is 0 Å². The van der Waals surface area contributed by atoms with Crippen molar-refractivity contribution in [3.63, 3.8) is 0 Å². The molecule has 10 nitrogen and oxygen atoms in total. The van der Waals surface area contributed by atoms with Gasteiger partial charge in [0.25, 0.3) is 5.91 Å². The molecule has 2 atom stereocenters. The molecule has 4 aromatic rings. The van der Waals surface area contributed by atoms with Crippen molar-refractivity contribution >= 4 is 23.0 Å². The molecule has 0 spiro atoms. The van der Waals surface area contributed by atoms with Crippen molar-refractivity contribution in [2.45, 2.75) is 44.5 Å². The number of benzene rings is 2. The molecular weight excluding hydrogens is 522 g/mol. The molecule has 40 heavy (non-hydrogen) atoms. The van der Waals surface area contributed by atoms with E-state index < -0.39 is 43.2 Å². The number of hydrogen-bond donors (Lipinski definition) is 1. The number of methoxy groups -OCH3 is 1. The minimum absolute atomic E-state index is 0.0161. The first kappa shape index (κ1) is 22.2. The van der Waals surface area contributed by atoms with Crippen molar-refractivity contribution in [1.29, 1.82) is 0 Å². The van der Waals surface area contributed by atoms with E-state index in [1.54, 1.807) is 42.9 Å². The molecule has 1 N–H and O–H groups in total.